The van der Waals surface area contributed by atoms with Gasteiger partial charge in [-0.25, -0.2) is 0 Å². The van der Waals surface area contributed by atoms with Crippen molar-refractivity contribution in [1.29, 1.82) is 5.26 Å². The summed E-state index contributed by atoms with van der Waals surface area (Å²) in [5.41, 5.74) is 3.28. The zero-order valence-electron chi connectivity index (χ0n) is 13.3. The van der Waals surface area contributed by atoms with Gasteiger partial charge in [-0.15, -0.1) is 0 Å². The number of hydrogen-bond acceptors (Lipinski definition) is 2. The molecular formula is C19H22BrN3. The summed E-state index contributed by atoms with van der Waals surface area (Å²) in [4.78, 5) is 0. The SMILES string of the molecule is N#CCCc1c(Br)c(-c2ccccc2)nn1CC1CCCCC1. The average Bonchev–Trinajstić information content (AvgIpc) is 2.90. The van der Waals surface area contributed by atoms with Crippen molar-refractivity contribution >= 4 is 15.9 Å². The fourth-order valence-electron chi connectivity index (χ4n) is 3.43. The zero-order chi connectivity index (χ0) is 16.1. The molecule has 0 spiro atoms. The smallest absolute Gasteiger partial charge is 0.107 e. The van der Waals surface area contributed by atoms with Crippen molar-refractivity contribution in [1.82, 2.24) is 9.78 Å². The minimum absolute atomic E-state index is 0.531. The normalized spacial score (nSPS) is 15.5. The van der Waals surface area contributed by atoms with Crippen molar-refractivity contribution < 1.29 is 0 Å². The van der Waals surface area contributed by atoms with Crippen LogP contribution in [0.25, 0.3) is 11.3 Å². The van der Waals surface area contributed by atoms with Crippen LogP contribution in [0.1, 0.15) is 44.2 Å². The molecule has 0 bridgehead atoms. The van der Waals surface area contributed by atoms with Crippen molar-refractivity contribution in [3.63, 3.8) is 0 Å². The lowest BCUT2D eigenvalue weighted by Gasteiger charge is -2.22. The largest absolute Gasteiger partial charge is 0.267 e. The first-order valence-corrected chi connectivity index (χ1v) is 9.26. The van der Waals surface area contributed by atoms with Gasteiger partial charge in [0.2, 0.25) is 0 Å². The van der Waals surface area contributed by atoms with E-state index in [0.717, 1.165) is 40.3 Å². The highest BCUT2D eigenvalue weighted by atomic mass is 79.9. The van der Waals surface area contributed by atoms with Gasteiger partial charge in [0.25, 0.3) is 0 Å². The Balaban J connectivity index is 1.91. The third kappa shape index (κ3) is 3.84. The van der Waals surface area contributed by atoms with Gasteiger partial charge in [0, 0.05) is 24.9 Å². The fraction of sp³-hybridized carbons (Fsp3) is 0.474. The van der Waals surface area contributed by atoms with Crippen molar-refractivity contribution in [2.24, 2.45) is 5.92 Å². The minimum Gasteiger partial charge on any atom is -0.267 e. The second-order valence-electron chi connectivity index (χ2n) is 6.32. The van der Waals surface area contributed by atoms with Gasteiger partial charge in [-0.1, -0.05) is 49.6 Å². The Morgan fingerprint density at radius 2 is 1.91 bits per heavy atom. The van der Waals surface area contributed by atoms with Crippen LogP contribution < -0.4 is 0 Å². The molecule has 1 aliphatic carbocycles. The number of rotatable bonds is 5. The van der Waals surface area contributed by atoms with Crippen molar-refractivity contribution in [2.75, 3.05) is 0 Å². The molecule has 0 N–H and O–H groups in total. The Labute approximate surface area is 146 Å². The lowest BCUT2D eigenvalue weighted by molar-refractivity contribution is 0.304. The summed E-state index contributed by atoms with van der Waals surface area (Å²) < 4.78 is 3.20. The summed E-state index contributed by atoms with van der Waals surface area (Å²) in [7, 11) is 0. The molecule has 2 aromatic rings. The monoisotopic (exact) mass is 371 g/mol. The van der Waals surface area contributed by atoms with Gasteiger partial charge < -0.3 is 0 Å². The van der Waals surface area contributed by atoms with Crippen LogP contribution in [0, 0.1) is 17.2 Å². The van der Waals surface area contributed by atoms with E-state index in [0.29, 0.717) is 6.42 Å². The predicted molar refractivity (Wildman–Crippen MR) is 95.9 cm³/mol. The van der Waals surface area contributed by atoms with E-state index >= 15 is 0 Å². The molecule has 0 amide bonds. The molecule has 1 fully saturated rings. The number of nitrogens with zero attached hydrogens (tertiary/aromatic N) is 3. The van der Waals surface area contributed by atoms with Gasteiger partial charge in [0.15, 0.2) is 0 Å². The van der Waals surface area contributed by atoms with Crippen LogP contribution in [0.4, 0.5) is 0 Å². The first-order valence-electron chi connectivity index (χ1n) is 8.47. The third-order valence-corrected chi connectivity index (χ3v) is 5.50. The Hall–Kier alpha value is -1.60. The molecule has 1 saturated carbocycles. The molecule has 0 unspecified atom stereocenters. The van der Waals surface area contributed by atoms with Crippen LogP contribution in [-0.2, 0) is 13.0 Å². The lowest BCUT2D eigenvalue weighted by atomic mass is 9.89. The van der Waals surface area contributed by atoms with Crippen LogP contribution in [0.3, 0.4) is 0 Å². The highest BCUT2D eigenvalue weighted by molar-refractivity contribution is 9.10. The maximum Gasteiger partial charge on any atom is 0.107 e. The van der Waals surface area contributed by atoms with E-state index in [-0.39, 0.29) is 0 Å². The summed E-state index contributed by atoms with van der Waals surface area (Å²) in [6, 6.07) is 12.5. The first kappa shape index (κ1) is 16.3. The van der Waals surface area contributed by atoms with Crippen molar-refractivity contribution in [3.05, 3.63) is 40.5 Å². The maximum absolute atomic E-state index is 8.96. The third-order valence-electron chi connectivity index (χ3n) is 4.67. The Morgan fingerprint density at radius 3 is 2.61 bits per heavy atom. The Kier molecular flexibility index (Phi) is 5.51. The molecular weight excluding hydrogens is 350 g/mol. The Bertz CT molecular complexity index is 679. The van der Waals surface area contributed by atoms with Gasteiger partial charge >= 0.3 is 0 Å². The van der Waals surface area contributed by atoms with Gasteiger partial charge in [-0.3, -0.25) is 4.68 Å². The number of halogens is 1. The number of benzene rings is 1. The van der Waals surface area contributed by atoms with E-state index in [4.69, 9.17) is 10.4 Å². The van der Waals surface area contributed by atoms with Crippen LogP contribution in [0.2, 0.25) is 0 Å². The van der Waals surface area contributed by atoms with Gasteiger partial charge in [0.1, 0.15) is 5.69 Å². The molecule has 0 atom stereocenters. The van der Waals surface area contributed by atoms with E-state index < -0.39 is 0 Å². The van der Waals surface area contributed by atoms with Gasteiger partial charge in [-0.2, -0.15) is 10.4 Å². The number of nitriles is 1. The minimum atomic E-state index is 0.531. The standard InChI is InChI=1S/C19H22BrN3/c20-18-17(12-7-13-21)23(14-15-8-3-1-4-9-15)22-19(18)16-10-5-2-6-11-16/h2,5-6,10-11,15H,1,3-4,7-9,12,14H2. The molecule has 0 saturated heterocycles. The first-order chi connectivity index (χ1) is 11.3. The molecule has 120 valence electrons. The highest BCUT2D eigenvalue weighted by Gasteiger charge is 2.20. The molecule has 1 aromatic heterocycles. The topological polar surface area (TPSA) is 41.6 Å². The molecule has 1 heterocycles. The molecule has 3 rings (SSSR count). The zero-order valence-corrected chi connectivity index (χ0v) is 14.9. The molecule has 1 aromatic carbocycles. The van der Waals surface area contributed by atoms with Crippen LogP contribution >= 0.6 is 15.9 Å². The predicted octanol–water partition coefficient (Wildman–Crippen LogP) is 5.35. The number of hydrogen-bond donors (Lipinski definition) is 0. The van der Waals surface area contributed by atoms with E-state index in [1.165, 1.54) is 32.1 Å². The van der Waals surface area contributed by atoms with E-state index in [9.17, 15) is 0 Å². The van der Waals surface area contributed by atoms with Crippen LogP contribution in [-0.4, -0.2) is 9.78 Å². The summed E-state index contributed by atoms with van der Waals surface area (Å²) in [6.07, 6.45) is 7.94. The highest BCUT2D eigenvalue weighted by Crippen LogP contribution is 2.33. The molecule has 0 aliphatic heterocycles. The maximum atomic E-state index is 8.96. The quantitative estimate of drug-likeness (QED) is 0.710. The Morgan fingerprint density at radius 1 is 1.17 bits per heavy atom. The van der Waals surface area contributed by atoms with Crippen LogP contribution in [0.5, 0.6) is 0 Å². The van der Waals surface area contributed by atoms with Gasteiger partial charge in [0.05, 0.1) is 16.2 Å². The van der Waals surface area contributed by atoms with Gasteiger partial charge in [-0.05, 0) is 34.7 Å². The molecule has 23 heavy (non-hydrogen) atoms. The van der Waals surface area contributed by atoms with Crippen molar-refractivity contribution in [2.45, 2.75) is 51.5 Å². The summed E-state index contributed by atoms with van der Waals surface area (Å²) >= 11 is 3.74. The van der Waals surface area contributed by atoms with Crippen molar-refractivity contribution in [3.8, 4) is 17.3 Å². The summed E-state index contributed by atoms with van der Waals surface area (Å²) in [6.45, 7) is 0.978. The molecule has 3 nitrogen and oxygen atoms in total. The van der Waals surface area contributed by atoms with Crippen LogP contribution in [0.15, 0.2) is 34.8 Å². The average molecular weight is 372 g/mol. The van der Waals surface area contributed by atoms with E-state index in [2.05, 4.69) is 38.8 Å². The number of aromatic nitrogens is 2. The molecule has 1 aliphatic rings. The van der Waals surface area contributed by atoms with E-state index in [1.54, 1.807) is 0 Å². The van der Waals surface area contributed by atoms with E-state index in [1.807, 2.05) is 18.2 Å². The summed E-state index contributed by atoms with van der Waals surface area (Å²) in [5.74, 6) is 0.722. The lowest BCUT2D eigenvalue weighted by Crippen LogP contribution is -2.17. The molecule has 4 heteroatoms. The second-order valence-corrected chi connectivity index (χ2v) is 7.11. The summed E-state index contributed by atoms with van der Waals surface area (Å²) in [5, 5.41) is 13.8. The fourth-order valence-corrected chi connectivity index (χ4v) is 4.14. The second kappa shape index (κ2) is 7.79. The molecule has 0 radical (unpaired) electrons.